The smallest absolute Gasteiger partial charge is 0.413 e. The third-order valence-electron chi connectivity index (χ3n) is 3.70. The van der Waals surface area contributed by atoms with Gasteiger partial charge >= 0.3 is 6.09 Å². The quantitative estimate of drug-likeness (QED) is 0.398. The first kappa shape index (κ1) is 24.1. The van der Waals surface area contributed by atoms with Gasteiger partial charge in [-0.15, -0.1) is 10.2 Å². The number of carbonyl (C=O) groups excluding carboxylic acids is 2. The number of rotatable bonds is 10. The van der Waals surface area contributed by atoms with Gasteiger partial charge in [0, 0.05) is 18.8 Å². The van der Waals surface area contributed by atoms with E-state index in [1.807, 2.05) is 0 Å². The molecular formula is C17H23N5O5S3. The van der Waals surface area contributed by atoms with E-state index in [2.05, 4.69) is 20.8 Å². The van der Waals surface area contributed by atoms with Crippen molar-refractivity contribution < 1.29 is 22.7 Å². The lowest BCUT2D eigenvalue weighted by molar-refractivity contribution is -0.113. The number of ether oxygens (including phenoxy) is 1. The minimum atomic E-state index is -3.54. The minimum Gasteiger partial charge on any atom is -0.450 e. The molecule has 30 heavy (non-hydrogen) atoms. The Labute approximate surface area is 183 Å². The highest BCUT2D eigenvalue weighted by Crippen LogP contribution is 2.26. The molecule has 0 radical (unpaired) electrons. The van der Waals surface area contributed by atoms with Crippen LogP contribution in [0.25, 0.3) is 0 Å². The van der Waals surface area contributed by atoms with E-state index in [0.717, 1.165) is 23.1 Å². The Morgan fingerprint density at radius 3 is 2.37 bits per heavy atom. The Bertz CT molecular complexity index is 958. The van der Waals surface area contributed by atoms with Crippen molar-refractivity contribution in [1.29, 1.82) is 0 Å². The van der Waals surface area contributed by atoms with Crippen LogP contribution in [-0.2, 0) is 19.6 Å². The van der Waals surface area contributed by atoms with Gasteiger partial charge in [-0.3, -0.25) is 10.1 Å². The molecule has 0 atom stereocenters. The van der Waals surface area contributed by atoms with Crippen LogP contribution in [0.4, 0.5) is 15.6 Å². The van der Waals surface area contributed by atoms with Crippen molar-refractivity contribution in [2.75, 3.05) is 36.1 Å². The molecule has 0 saturated heterocycles. The molecule has 10 nitrogen and oxygen atoms in total. The van der Waals surface area contributed by atoms with E-state index in [0.29, 0.717) is 23.1 Å². The van der Waals surface area contributed by atoms with Crippen molar-refractivity contribution in [3.05, 3.63) is 24.3 Å². The molecule has 2 rings (SSSR count). The van der Waals surface area contributed by atoms with Gasteiger partial charge in [0.15, 0.2) is 4.34 Å². The Hall–Kier alpha value is -2.22. The summed E-state index contributed by atoms with van der Waals surface area (Å²) in [6, 6.07) is 6.03. The molecule has 0 fully saturated rings. The topological polar surface area (TPSA) is 131 Å². The average molecular weight is 474 g/mol. The van der Waals surface area contributed by atoms with Crippen LogP contribution in [0.15, 0.2) is 33.5 Å². The van der Waals surface area contributed by atoms with Gasteiger partial charge in [-0.25, -0.2) is 13.2 Å². The maximum absolute atomic E-state index is 12.5. The molecule has 0 spiro atoms. The lowest BCUT2D eigenvalue weighted by atomic mass is 10.3. The van der Waals surface area contributed by atoms with Crippen LogP contribution >= 0.6 is 23.1 Å². The second-order valence-corrected chi connectivity index (χ2v) is 9.81. The maximum Gasteiger partial charge on any atom is 0.413 e. The van der Waals surface area contributed by atoms with E-state index in [-0.39, 0.29) is 28.3 Å². The van der Waals surface area contributed by atoms with Gasteiger partial charge in [0.1, 0.15) is 0 Å². The molecular weight excluding hydrogens is 450 g/mol. The van der Waals surface area contributed by atoms with Crippen molar-refractivity contribution in [2.24, 2.45) is 0 Å². The zero-order valence-corrected chi connectivity index (χ0v) is 19.2. The van der Waals surface area contributed by atoms with Gasteiger partial charge in [0.05, 0.1) is 17.3 Å². The molecule has 0 unspecified atom stereocenters. The zero-order valence-electron chi connectivity index (χ0n) is 16.7. The minimum absolute atomic E-state index is 0.0769. The number of nitrogens with one attached hydrogen (secondary N) is 2. The van der Waals surface area contributed by atoms with E-state index >= 15 is 0 Å². The van der Waals surface area contributed by atoms with Crippen LogP contribution in [0, 0.1) is 0 Å². The van der Waals surface area contributed by atoms with Crippen molar-refractivity contribution in [3.8, 4) is 0 Å². The van der Waals surface area contributed by atoms with Crippen molar-refractivity contribution in [2.45, 2.75) is 30.0 Å². The molecule has 2 amide bonds. The summed E-state index contributed by atoms with van der Waals surface area (Å²) < 4.78 is 31.6. The van der Waals surface area contributed by atoms with Gasteiger partial charge in [-0.2, -0.15) is 4.31 Å². The van der Waals surface area contributed by atoms with Crippen molar-refractivity contribution >= 4 is 55.9 Å². The number of sulfonamides is 1. The Morgan fingerprint density at radius 1 is 1.10 bits per heavy atom. The molecule has 0 aliphatic heterocycles. The summed E-state index contributed by atoms with van der Waals surface area (Å²) in [6.45, 7) is 6.27. The number of hydrogen-bond acceptors (Lipinski definition) is 9. The third kappa shape index (κ3) is 6.65. The summed E-state index contributed by atoms with van der Waals surface area (Å²) in [5, 5.41) is 13.1. The number of amides is 2. The summed E-state index contributed by atoms with van der Waals surface area (Å²) in [5.74, 6) is -0.206. The fourth-order valence-electron chi connectivity index (χ4n) is 2.32. The van der Waals surface area contributed by atoms with Gasteiger partial charge in [-0.05, 0) is 31.2 Å². The molecule has 0 aliphatic carbocycles. The van der Waals surface area contributed by atoms with E-state index in [4.69, 9.17) is 4.74 Å². The largest absolute Gasteiger partial charge is 0.450 e. The second-order valence-electron chi connectivity index (χ2n) is 5.67. The SMILES string of the molecule is CCOC(=O)Nc1nnc(SCC(=O)Nc2ccc(S(=O)(=O)N(CC)CC)cc2)s1. The molecule has 1 heterocycles. The van der Waals surface area contributed by atoms with E-state index < -0.39 is 16.1 Å². The number of carbonyl (C=O) groups is 2. The molecule has 1 aromatic carbocycles. The lowest BCUT2D eigenvalue weighted by Crippen LogP contribution is -2.30. The molecule has 1 aromatic heterocycles. The predicted molar refractivity (Wildman–Crippen MR) is 116 cm³/mol. The van der Waals surface area contributed by atoms with Crippen LogP contribution < -0.4 is 10.6 Å². The fraction of sp³-hybridized carbons (Fsp3) is 0.412. The van der Waals surface area contributed by atoms with E-state index in [9.17, 15) is 18.0 Å². The molecule has 0 aliphatic rings. The molecule has 13 heteroatoms. The number of thioether (sulfide) groups is 1. The normalized spacial score (nSPS) is 11.3. The van der Waals surface area contributed by atoms with E-state index in [1.165, 1.54) is 16.4 Å². The molecule has 0 bridgehead atoms. The van der Waals surface area contributed by atoms with Gasteiger partial charge < -0.3 is 10.1 Å². The van der Waals surface area contributed by atoms with Gasteiger partial charge in [0.2, 0.25) is 21.1 Å². The van der Waals surface area contributed by atoms with Gasteiger partial charge in [0.25, 0.3) is 0 Å². The highest BCUT2D eigenvalue weighted by atomic mass is 32.2. The first-order chi connectivity index (χ1) is 14.3. The number of nitrogens with zero attached hydrogens (tertiary/aromatic N) is 3. The summed E-state index contributed by atoms with van der Waals surface area (Å²) in [7, 11) is -3.54. The zero-order chi connectivity index (χ0) is 22.1. The number of anilines is 2. The number of benzene rings is 1. The molecule has 2 aromatic rings. The number of aromatic nitrogens is 2. The van der Waals surface area contributed by atoms with Gasteiger partial charge in [-0.1, -0.05) is 36.9 Å². The predicted octanol–water partition coefficient (Wildman–Crippen LogP) is 2.87. The standard InChI is InChI=1S/C17H23N5O5S3/c1-4-22(5-2)30(25,26)13-9-7-12(8-10-13)18-14(23)11-28-17-21-20-15(29-17)19-16(24)27-6-3/h7-10H,4-6,11H2,1-3H3,(H,18,23)(H,19,20,24). The van der Waals surface area contributed by atoms with Crippen molar-refractivity contribution in [3.63, 3.8) is 0 Å². The van der Waals surface area contributed by atoms with Crippen LogP contribution in [0.1, 0.15) is 20.8 Å². The number of hydrogen-bond donors (Lipinski definition) is 2. The second kappa shape index (κ2) is 11.2. The molecule has 2 N–H and O–H groups in total. The summed E-state index contributed by atoms with van der Waals surface area (Å²) >= 11 is 2.29. The highest BCUT2D eigenvalue weighted by Gasteiger charge is 2.21. The summed E-state index contributed by atoms with van der Waals surface area (Å²) in [4.78, 5) is 23.7. The first-order valence-electron chi connectivity index (χ1n) is 9.10. The average Bonchev–Trinajstić information content (AvgIpc) is 3.15. The Morgan fingerprint density at radius 2 is 1.77 bits per heavy atom. The van der Waals surface area contributed by atoms with Crippen LogP contribution in [0.5, 0.6) is 0 Å². The fourth-order valence-corrected chi connectivity index (χ4v) is 5.32. The van der Waals surface area contributed by atoms with Crippen LogP contribution in [0.3, 0.4) is 0 Å². The highest BCUT2D eigenvalue weighted by molar-refractivity contribution is 8.01. The van der Waals surface area contributed by atoms with Crippen LogP contribution in [-0.4, -0.2) is 60.4 Å². The molecule has 0 saturated carbocycles. The Balaban J connectivity index is 1.88. The first-order valence-corrected chi connectivity index (χ1v) is 12.3. The lowest BCUT2D eigenvalue weighted by Gasteiger charge is -2.18. The maximum atomic E-state index is 12.5. The summed E-state index contributed by atoms with van der Waals surface area (Å²) in [5.41, 5.74) is 0.487. The van der Waals surface area contributed by atoms with Crippen LogP contribution in [0.2, 0.25) is 0 Å². The molecule has 164 valence electrons. The Kier molecular flexibility index (Phi) is 9.02. The van der Waals surface area contributed by atoms with E-state index in [1.54, 1.807) is 32.9 Å². The van der Waals surface area contributed by atoms with Crippen molar-refractivity contribution in [1.82, 2.24) is 14.5 Å². The third-order valence-corrected chi connectivity index (χ3v) is 7.74. The monoisotopic (exact) mass is 473 g/mol. The summed E-state index contributed by atoms with van der Waals surface area (Å²) in [6.07, 6.45) is -0.616.